The van der Waals surface area contributed by atoms with Crippen LogP contribution in [0.2, 0.25) is 0 Å². The van der Waals surface area contributed by atoms with Crippen LogP contribution in [0.1, 0.15) is 70.3 Å². The molecule has 0 aliphatic carbocycles. The molecule has 6 heteroatoms. The van der Waals surface area contributed by atoms with Gasteiger partial charge >= 0.3 is 0 Å². The van der Waals surface area contributed by atoms with E-state index < -0.39 is 10.1 Å². The van der Waals surface area contributed by atoms with Crippen LogP contribution in [0.4, 0.5) is 0 Å². The van der Waals surface area contributed by atoms with Gasteiger partial charge in [-0.1, -0.05) is 76.5 Å². The van der Waals surface area contributed by atoms with Gasteiger partial charge in [-0.2, -0.15) is 8.42 Å². The van der Waals surface area contributed by atoms with E-state index in [0.717, 1.165) is 19.3 Å². The number of rotatable bonds is 13. The van der Waals surface area contributed by atoms with Crippen LogP contribution in [0.15, 0.2) is 47.4 Å². The van der Waals surface area contributed by atoms with Gasteiger partial charge in [0.2, 0.25) is 0 Å². The lowest BCUT2D eigenvalue weighted by Crippen LogP contribution is -2.05. The molecular formula is C23H32O5S. The third-order valence-corrected chi connectivity index (χ3v) is 5.92. The van der Waals surface area contributed by atoms with Crippen molar-refractivity contribution in [1.82, 2.24) is 0 Å². The van der Waals surface area contributed by atoms with E-state index >= 15 is 0 Å². The lowest BCUT2D eigenvalue weighted by Gasteiger charge is -2.15. The van der Waals surface area contributed by atoms with E-state index in [0.29, 0.717) is 17.7 Å². The molecule has 0 saturated heterocycles. The lowest BCUT2D eigenvalue weighted by molar-refractivity contribution is 0.407. The van der Waals surface area contributed by atoms with Crippen molar-refractivity contribution in [2.75, 3.05) is 0 Å². The molecule has 0 radical (unpaired) electrons. The number of unbranched alkanes of at least 4 members (excludes halogenated alkanes) is 8. The van der Waals surface area contributed by atoms with Crippen LogP contribution in [0, 0.1) is 0 Å². The van der Waals surface area contributed by atoms with Gasteiger partial charge in [0, 0.05) is 5.56 Å². The summed E-state index contributed by atoms with van der Waals surface area (Å²) in [5.74, 6) is 0.549. The molecule has 0 atom stereocenters. The maximum Gasteiger partial charge on any atom is 0.294 e. The fraction of sp³-hybridized carbons (Fsp3) is 0.478. The normalized spacial score (nSPS) is 11.5. The zero-order valence-corrected chi connectivity index (χ0v) is 18.0. The Hall–Kier alpha value is -2.05. The van der Waals surface area contributed by atoms with E-state index in [1.807, 2.05) is 0 Å². The summed E-state index contributed by atoms with van der Waals surface area (Å²) in [7, 11) is -4.36. The lowest BCUT2D eigenvalue weighted by atomic mass is 10.0. The summed E-state index contributed by atoms with van der Waals surface area (Å²) >= 11 is 0. The second-order valence-electron chi connectivity index (χ2n) is 7.36. The van der Waals surface area contributed by atoms with Crippen LogP contribution in [0.5, 0.6) is 17.2 Å². The molecule has 5 nitrogen and oxygen atoms in total. The molecule has 0 aliphatic heterocycles. The Kier molecular flexibility index (Phi) is 9.48. The Morgan fingerprint density at radius 3 is 2.00 bits per heavy atom. The highest BCUT2D eigenvalue weighted by atomic mass is 32.2. The minimum Gasteiger partial charge on any atom is -0.504 e. The predicted octanol–water partition coefficient (Wildman–Crippen LogP) is 6.50. The molecule has 0 amide bonds. The fourth-order valence-electron chi connectivity index (χ4n) is 3.40. The van der Waals surface area contributed by atoms with E-state index in [2.05, 4.69) is 6.92 Å². The van der Waals surface area contributed by atoms with Crippen LogP contribution >= 0.6 is 0 Å². The van der Waals surface area contributed by atoms with Crippen LogP contribution in [-0.4, -0.2) is 18.1 Å². The first-order valence-corrected chi connectivity index (χ1v) is 11.9. The molecule has 0 aliphatic rings. The van der Waals surface area contributed by atoms with E-state index in [1.165, 1.54) is 56.7 Å². The summed E-state index contributed by atoms with van der Waals surface area (Å²) in [5, 5.41) is 9.95. The number of aromatic hydroxyl groups is 1. The number of para-hydroxylation sites is 2. The van der Waals surface area contributed by atoms with E-state index in [4.69, 9.17) is 4.74 Å². The molecule has 0 spiro atoms. The highest BCUT2D eigenvalue weighted by Gasteiger charge is 2.20. The van der Waals surface area contributed by atoms with Crippen molar-refractivity contribution < 1.29 is 22.8 Å². The predicted molar refractivity (Wildman–Crippen MR) is 115 cm³/mol. The fourth-order valence-corrected chi connectivity index (χ4v) is 4.17. The molecule has 160 valence electrons. The SMILES string of the molecule is CCCCCCCCCCCc1c(Oc2ccccc2O)cccc1S(=O)(=O)O. The topological polar surface area (TPSA) is 83.8 Å². The Bertz CT molecular complexity index is 861. The standard InChI is InChI=1S/C23H32O5S/c1-2-3-4-5-6-7-8-9-10-14-19-21(17-13-18-23(19)29(25,26)27)28-22-16-12-11-15-20(22)24/h11-13,15-18,24H,2-10,14H2,1H3,(H,25,26,27). The zero-order chi connectivity index (χ0) is 21.1. The third-order valence-electron chi connectivity index (χ3n) is 4.98. The third kappa shape index (κ3) is 7.71. The summed E-state index contributed by atoms with van der Waals surface area (Å²) in [5.41, 5.74) is 0.446. The number of ether oxygens (including phenoxy) is 1. The summed E-state index contributed by atoms with van der Waals surface area (Å²) in [6.45, 7) is 2.21. The number of hydrogen-bond donors (Lipinski definition) is 2. The number of hydrogen-bond acceptors (Lipinski definition) is 4. The Morgan fingerprint density at radius 2 is 1.38 bits per heavy atom. The van der Waals surface area contributed by atoms with Crippen molar-refractivity contribution in [3.63, 3.8) is 0 Å². The molecule has 0 bridgehead atoms. The minimum atomic E-state index is -4.36. The Morgan fingerprint density at radius 1 is 0.793 bits per heavy atom. The van der Waals surface area contributed by atoms with Gasteiger partial charge in [-0.3, -0.25) is 4.55 Å². The molecule has 0 heterocycles. The monoisotopic (exact) mass is 420 g/mol. The molecule has 2 aromatic rings. The van der Waals surface area contributed by atoms with Gasteiger partial charge in [0.1, 0.15) is 10.6 Å². The van der Waals surface area contributed by atoms with Gasteiger partial charge < -0.3 is 9.84 Å². The first-order valence-electron chi connectivity index (χ1n) is 10.5. The summed E-state index contributed by atoms with van der Waals surface area (Å²) in [6.07, 6.45) is 10.9. The average molecular weight is 421 g/mol. The van der Waals surface area contributed by atoms with Gasteiger partial charge in [-0.15, -0.1) is 0 Å². The van der Waals surface area contributed by atoms with Crippen molar-refractivity contribution in [3.05, 3.63) is 48.0 Å². The van der Waals surface area contributed by atoms with Crippen molar-refractivity contribution >= 4 is 10.1 Å². The average Bonchev–Trinajstić information content (AvgIpc) is 2.68. The molecule has 0 fully saturated rings. The molecule has 2 N–H and O–H groups in total. The van der Waals surface area contributed by atoms with Gasteiger partial charge in [0.25, 0.3) is 10.1 Å². The first kappa shape index (κ1) is 23.2. The van der Waals surface area contributed by atoms with Gasteiger partial charge in [0.15, 0.2) is 11.5 Å². The highest BCUT2D eigenvalue weighted by Crippen LogP contribution is 2.35. The van der Waals surface area contributed by atoms with Gasteiger partial charge in [-0.25, -0.2) is 0 Å². The molecular weight excluding hydrogens is 388 g/mol. The van der Waals surface area contributed by atoms with Gasteiger partial charge in [0.05, 0.1) is 0 Å². The molecule has 29 heavy (non-hydrogen) atoms. The van der Waals surface area contributed by atoms with Crippen LogP contribution in [0.25, 0.3) is 0 Å². The Labute approximate surface area is 174 Å². The van der Waals surface area contributed by atoms with Crippen LogP contribution in [0.3, 0.4) is 0 Å². The maximum atomic E-state index is 11.8. The second-order valence-corrected chi connectivity index (χ2v) is 8.75. The highest BCUT2D eigenvalue weighted by molar-refractivity contribution is 7.85. The van der Waals surface area contributed by atoms with E-state index in [9.17, 15) is 18.1 Å². The minimum absolute atomic E-state index is 0.0289. The summed E-state index contributed by atoms with van der Waals surface area (Å²) in [4.78, 5) is -0.134. The van der Waals surface area contributed by atoms with Crippen LogP contribution in [-0.2, 0) is 16.5 Å². The number of phenols is 1. The first-order chi connectivity index (χ1) is 13.9. The Balaban J connectivity index is 2.02. The molecule has 0 unspecified atom stereocenters. The van der Waals surface area contributed by atoms with Crippen molar-refractivity contribution in [2.45, 2.75) is 76.0 Å². The van der Waals surface area contributed by atoms with Crippen LogP contribution < -0.4 is 4.74 Å². The molecule has 2 aromatic carbocycles. The quantitative estimate of drug-likeness (QED) is 0.285. The molecule has 2 rings (SSSR count). The van der Waals surface area contributed by atoms with Crippen molar-refractivity contribution in [2.24, 2.45) is 0 Å². The van der Waals surface area contributed by atoms with E-state index in [1.54, 1.807) is 24.3 Å². The smallest absolute Gasteiger partial charge is 0.294 e. The largest absolute Gasteiger partial charge is 0.504 e. The second kappa shape index (κ2) is 11.8. The maximum absolute atomic E-state index is 11.8. The molecule has 0 saturated carbocycles. The van der Waals surface area contributed by atoms with Crippen molar-refractivity contribution in [3.8, 4) is 17.2 Å². The zero-order valence-electron chi connectivity index (χ0n) is 17.1. The summed E-state index contributed by atoms with van der Waals surface area (Å²) in [6, 6.07) is 11.1. The van der Waals surface area contributed by atoms with E-state index in [-0.39, 0.29) is 16.4 Å². The molecule has 0 aromatic heterocycles. The van der Waals surface area contributed by atoms with Gasteiger partial charge in [-0.05, 0) is 37.1 Å². The number of benzene rings is 2. The number of phenolic OH excluding ortho intramolecular Hbond substituents is 1. The van der Waals surface area contributed by atoms with Crippen molar-refractivity contribution in [1.29, 1.82) is 0 Å². The summed E-state index contributed by atoms with van der Waals surface area (Å²) < 4.78 is 39.1.